The van der Waals surface area contributed by atoms with Crippen molar-refractivity contribution >= 4 is 11.7 Å². The van der Waals surface area contributed by atoms with E-state index in [9.17, 15) is 4.79 Å². The minimum Gasteiger partial charge on any atom is -0.369 e. The molecule has 6 nitrogen and oxygen atoms in total. The first-order valence-corrected chi connectivity index (χ1v) is 8.75. The van der Waals surface area contributed by atoms with E-state index in [2.05, 4.69) is 14.9 Å². The second-order valence-corrected chi connectivity index (χ2v) is 6.71. The van der Waals surface area contributed by atoms with Crippen LogP contribution in [0.3, 0.4) is 0 Å². The molecule has 0 aromatic carbocycles. The predicted molar refractivity (Wildman–Crippen MR) is 94.5 cm³/mol. The molecule has 1 atom stereocenters. The third-order valence-corrected chi connectivity index (χ3v) is 4.96. The fraction of sp³-hybridized carbons (Fsp3) is 0.421. The van der Waals surface area contributed by atoms with E-state index in [1.54, 1.807) is 18.5 Å². The maximum absolute atomic E-state index is 12.8. The zero-order chi connectivity index (χ0) is 17.1. The lowest BCUT2D eigenvalue weighted by Crippen LogP contribution is -2.61. The van der Waals surface area contributed by atoms with Crippen LogP contribution in [-0.4, -0.2) is 59.2 Å². The van der Waals surface area contributed by atoms with Gasteiger partial charge in [-0.15, -0.1) is 0 Å². The average Bonchev–Trinajstić information content (AvgIpc) is 2.69. The van der Waals surface area contributed by atoms with Gasteiger partial charge in [0.2, 0.25) is 0 Å². The van der Waals surface area contributed by atoms with Gasteiger partial charge < -0.3 is 14.5 Å². The van der Waals surface area contributed by atoms with Gasteiger partial charge in [-0.25, -0.2) is 4.98 Å². The molecule has 4 heterocycles. The molecule has 2 aliphatic heterocycles. The first kappa shape index (κ1) is 16.0. The molecular formula is C19H22N4O2. The Labute approximate surface area is 147 Å². The lowest BCUT2D eigenvalue weighted by Gasteiger charge is -2.48. The molecule has 2 aliphatic rings. The molecule has 1 spiro atoms. The number of carbonyl (C=O) groups excluding carboxylic acids is 1. The Hall–Kier alpha value is -2.47. The van der Waals surface area contributed by atoms with E-state index in [0.29, 0.717) is 25.3 Å². The van der Waals surface area contributed by atoms with Gasteiger partial charge in [-0.05, 0) is 37.1 Å². The van der Waals surface area contributed by atoms with Crippen molar-refractivity contribution in [3.05, 3.63) is 54.5 Å². The highest BCUT2D eigenvalue weighted by molar-refractivity contribution is 5.94. The molecular weight excluding hydrogens is 316 g/mol. The molecule has 25 heavy (non-hydrogen) atoms. The summed E-state index contributed by atoms with van der Waals surface area (Å²) in [6.45, 7) is 3.55. The van der Waals surface area contributed by atoms with Crippen LogP contribution in [0, 0.1) is 0 Å². The minimum atomic E-state index is -0.314. The highest BCUT2D eigenvalue weighted by Crippen LogP contribution is 2.31. The number of anilines is 1. The molecule has 2 aromatic heterocycles. The summed E-state index contributed by atoms with van der Waals surface area (Å²) in [4.78, 5) is 25.5. The normalized spacial score (nSPS) is 23.7. The molecule has 1 amide bonds. The lowest BCUT2D eigenvalue weighted by molar-refractivity contribution is -0.105. The molecule has 6 heteroatoms. The van der Waals surface area contributed by atoms with Gasteiger partial charge in [0.05, 0.1) is 25.3 Å². The van der Waals surface area contributed by atoms with E-state index in [-0.39, 0.29) is 11.5 Å². The number of morpholine rings is 1. The summed E-state index contributed by atoms with van der Waals surface area (Å²) in [6, 6.07) is 9.57. The zero-order valence-corrected chi connectivity index (χ0v) is 14.2. The molecule has 2 aromatic rings. The van der Waals surface area contributed by atoms with Gasteiger partial charge in [0.25, 0.3) is 5.91 Å². The monoisotopic (exact) mass is 338 g/mol. The Kier molecular flexibility index (Phi) is 4.36. The van der Waals surface area contributed by atoms with E-state index >= 15 is 0 Å². The van der Waals surface area contributed by atoms with Crippen molar-refractivity contribution in [3.8, 4) is 0 Å². The Morgan fingerprint density at radius 2 is 2.08 bits per heavy atom. The second-order valence-electron chi connectivity index (χ2n) is 6.71. The van der Waals surface area contributed by atoms with Crippen LogP contribution in [0.5, 0.6) is 0 Å². The SMILES string of the molecule is O=C(c1cccnc1)N1CCOC2(CCCN(c3ccccn3)C2)C1. The molecule has 4 rings (SSSR count). The minimum absolute atomic E-state index is 0.0331. The smallest absolute Gasteiger partial charge is 0.255 e. The second kappa shape index (κ2) is 6.80. The number of amides is 1. The average molecular weight is 338 g/mol. The molecule has 0 saturated carbocycles. The fourth-order valence-corrected chi connectivity index (χ4v) is 3.77. The van der Waals surface area contributed by atoms with Crippen molar-refractivity contribution in [1.29, 1.82) is 0 Å². The highest BCUT2D eigenvalue weighted by Gasteiger charge is 2.42. The van der Waals surface area contributed by atoms with Crippen molar-refractivity contribution < 1.29 is 9.53 Å². The Bertz CT molecular complexity index is 721. The van der Waals surface area contributed by atoms with Gasteiger partial charge in [-0.2, -0.15) is 0 Å². The van der Waals surface area contributed by atoms with Crippen molar-refractivity contribution in [1.82, 2.24) is 14.9 Å². The molecule has 0 N–H and O–H groups in total. The van der Waals surface area contributed by atoms with E-state index in [4.69, 9.17) is 4.74 Å². The number of aromatic nitrogens is 2. The number of rotatable bonds is 2. The standard InChI is InChI=1S/C19H22N4O2/c24-18(16-5-3-8-20-13-16)23-11-12-25-19(15-23)7-4-10-22(14-19)17-6-1-2-9-21-17/h1-3,5-6,8-9,13H,4,7,10-12,14-15H2. The summed E-state index contributed by atoms with van der Waals surface area (Å²) in [5, 5.41) is 0. The zero-order valence-electron chi connectivity index (χ0n) is 14.2. The fourth-order valence-electron chi connectivity index (χ4n) is 3.77. The summed E-state index contributed by atoms with van der Waals surface area (Å²) in [5.74, 6) is 1.01. The number of hydrogen-bond acceptors (Lipinski definition) is 5. The Morgan fingerprint density at radius 1 is 1.12 bits per heavy atom. The lowest BCUT2D eigenvalue weighted by atomic mass is 9.90. The summed E-state index contributed by atoms with van der Waals surface area (Å²) in [7, 11) is 0. The van der Waals surface area contributed by atoms with Gasteiger partial charge in [0.1, 0.15) is 11.4 Å². The summed E-state index contributed by atoms with van der Waals surface area (Å²) < 4.78 is 6.20. The van der Waals surface area contributed by atoms with Crippen LogP contribution in [0.1, 0.15) is 23.2 Å². The number of nitrogens with zero attached hydrogens (tertiary/aromatic N) is 4. The maximum atomic E-state index is 12.8. The van der Waals surface area contributed by atoms with E-state index in [1.807, 2.05) is 35.4 Å². The van der Waals surface area contributed by atoms with E-state index < -0.39 is 0 Å². The van der Waals surface area contributed by atoms with Crippen molar-refractivity contribution in [3.63, 3.8) is 0 Å². The van der Waals surface area contributed by atoms with Crippen molar-refractivity contribution in [2.45, 2.75) is 18.4 Å². The van der Waals surface area contributed by atoms with Crippen LogP contribution < -0.4 is 4.90 Å². The van der Waals surface area contributed by atoms with Crippen LogP contribution in [-0.2, 0) is 4.74 Å². The third-order valence-electron chi connectivity index (χ3n) is 4.96. The predicted octanol–water partition coefficient (Wildman–Crippen LogP) is 1.99. The third kappa shape index (κ3) is 3.35. The van der Waals surface area contributed by atoms with Crippen molar-refractivity contribution in [2.75, 3.05) is 37.7 Å². The van der Waals surface area contributed by atoms with E-state index in [0.717, 1.165) is 31.7 Å². The number of ether oxygens (including phenoxy) is 1. The number of piperidine rings is 1. The number of carbonyl (C=O) groups is 1. The quantitative estimate of drug-likeness (QED) is 0.838. The Morgan fingerprint density at radius 3 is 2.88 bits per heavy atom. The van der Waals surface area contributed by atoms with Crippen molar-refractivity contribution in [2.24, 2.45) is 0 Å². The van der Waals surface area contributed by atoms with Crippen LogP contribution in [0.15, 0.2) is 48.9 Å². The van der Waals surface area contributed by atoms with Gasteiger partial charge >= 0.3 is 0 Å². The largest absolute Gasteiger partial charge is 0.369 e. The Balaban J connectivity index is 1.51. The molecule has 2 fully saturated rings. The molecule has 0 aliphatic carbocycles. The summed E-state index contributed by atoms with van der Waals surface area (Å²) >= 11 is 0. The molecule has 0 radical (unpaired) electrons. The molecule has 0 bridgehead atoms. The summed E-state index contributed by atoms with van der Waals surface area (Å²) in [6.07, 6.45) is 7.13. The first-order valence-electron chi connectivity index (χ1n) is 8.75. The maximum Gasteiger partial charge on any atom is 0.255 e. The molecule has 130 valence electrons. The van der Waals surface area contributed by atoms with Crippen LogP contribution in [0.2, 0.25) is 0 Å². The molecule has 2 saturated heterocycles. The van der Waals surface area contributed by atoms with Crippen LogP contribution >= 0.6 is 0 Å². The van der Waals surface area contributed by atoms with Gasteiger partial charge in [0, 0.05) is 31.7 Å². The van der Waals surface area contributed by atoms with E-state index in [1.165, 1.54) is 0 Å². The highest BCUT2D eigenvalue weighted by atomic mass is 16.5. The first-order chi connectivity index (χ1) is 12.3. The number of hydrogen-bond donors (Lipinski definition) is 0. The van der Waals surface area contributed by atoms with Crippen LogP contribution in [0.4, 0.5) is 5.82 Å². The van der Waals surface area contributed by atoms with Gasteiger partial charge in [0.15, 0.2) is 0 Å². The summed E-state index contributed by atoms with van der Waals surface area (Å²) in [5.41, 5.74) is 0.322. The topological polar surface area (TPSA) is 58.6 Å². The van der Waals surface area contributed by atoms with Crippen LogP contribution in [0.25, 0.3) is 0 Å². The van der Waals surface area contributed by atoms with Gasteiger partial charge in [-0.1, -0.05) is 6.07 Å². The van der Waals surface area contributed by atoms with Gasteiger partial charge in [-0.3, -0.25) is 9.78 Å². The molecule has 1 unspecified atom stereocenters. The number of pyridine rings is 2.